The van der Waals surface area contributed by atoms with Crippen LogP contribution in [-0.2, 0) is 0 Å². The Morgan fingerprint density at radius 1 is 1.29 bits per heavy atom. The Morgan fingerprint density at radius 3 is 2.43 bits per heavy atom. The lowest BCUT2D eigenvalue weighted by atomic mass is 9.83. The van der Waals surface area contributed by atoms with Gasteiger partial charge in [0.1, 0.15) is 0 Å². The largest absolute Gasteiger partial charge is 0.392 e. The molecule has 0 aromatic heterocycles. The molecule has 0 aliphatic carbocycles. The highest BCUT2D eigenvalue weighted by atomic mass is 16.3. The average molecular weight is 199 g/mol. The molecule has 0 rings (SSSR count). The first kappa shape index (κ1) is 13.7. The molecule has 3 N–H and O–H groups in total. The average Bonchev–Trinajstić information content (AvgIpc) is 2.12. The van der Waals surface area contributed by atoms with Gasteiger partial charge in [0.15, 0.2) is 0 Å². The molecule has 0 aromatic rings. The molecule has 84 valence electrons. The molecule has 0 amide bonds. The Balaban J connectivity index is 3.77. The Bertz CT molecular complexity index is 164. The van der Waals surface area contributed by atoms with E-state index in [0.717, 1.165) is 32.2 Å². The quantitative estimate of drug-likeness (QED) is 0.489. The van der Waals surface area contributed by atoms with Crippen LogP contribution in [0.2, 0.25) is 0 Å². The van der Waals surface area contributed by atoms with Gasteiger partial charge in [-0.3, -0.25) is 0 Å². The summed E-state index contributed by atoms with van der Waals surface area (Å²) in [6.45, 7) is 6.89. The van der Waals surface area contributed by atoms with E-state index in [1.54, 1.807) is 0 Å². The predicted molar refractivity (Wildman–Crippen MR) is 62.1 cm³/mol. The third-order valence-electron chi connectivity index (χ3n) is 2.64. The van der Waals surface area contributed by atoms with Crippen molar-refractivity contribution in [1.29, 1.82) is 0 Å². The van der Waals surface area contributed by atoms with Crippen LogP contribution >= 0.6 is 0 Å². The van der Waals surface area contributed by atoms with E-state index in [4.69, 9.17) is 5.73 Å². The Hall–Kier alpha value is -0.340. The maximum atomic E-state index is 9.92. The van der Waals surface area contributed by atoms with Crippen LogP contribution in [0, 0.1) is 5.41 Å². The lowest BCUT2D eigenvalue weighted by Gasteiger charge is -2.27. The van der Waals surface area contributed by atoms with Gasteiger partial charge in [0, 0.05) is 5.41 Å². The van der Waals surface area contributed by atoms with Crippen molar-refractivity contribution in [2.24, 2.45) is 11.1 Å². The zero-order chi connectivity index (χ0) is 11.0. The maximum absolute atomic E-state index is 9.92. The second kappa shape index (κ2) is 7.02. The second-order valence-corrected chi connectivity index (χ2v) is 4.48. The molecule has 0 heterocycles. The number of unbranched alkanes of at least 4 members (excludes halogenated alkanes) is 2. The highest BCUT2D eigenvalue weighted by molar-refractivity contribution is 4.97. The van der Waals surface area contributed by atoms with E-state index in [9.17, 15) is 5.11 Å². The molecule has 0 bridgehead atoms. The summed E-state index contributed by atoms with van der Waals surface area (Å²) >= 11 is 0. The lowest BCUT2D eigenvalue weighted by molar-refractivity contribution is 0.0713. The summed E-state index contributed by atoms with van der Waals surface area (Å²) in [7, 11) is 0. The van der Waals surface area contributed by atoms with Gasteiger partial charge in [0.05, 0.1) is 6.10 Å². The fraction of sp³-hybridized carbons (Fsp3) is 0.833. The summed E-state index contributed by atoms with van der Waals surface area (Å²) in [4.78, 5) is 0. The fourth-order valence-electron chi connectivity index (χ4n) is 1.57. The topological polar surface area (TPSA) is 46.2 Å². The van der Waals surface area contributed by atoms with Gasteiger partial charge in [0.2, 0.25) is 0 Å². The zero-order valence-corrected chi connectivity index (χ0v) is 9.79. The molecule has 14 heavy (non-hydrogen) atoms. The molecule has 0 aromatic carbocycles. The third-order valence-corrected chi connectivity index (χ3v) is 2.64. The van der Waals surface area contributed by atoms with Gasteiger partial charge in [-0.25, -0.2) is 0 Å². The minimum Gasteiger partial charge on any atom is -0.392 e. The molecule has 2 nitrogen and oxygen atoms in total. The van der Waals surface area contributed by atoms with Gasteiger partial charge >= 0.3 is 0 Å². The van der Waals surface area contributed by atoms with Crippen LogP contribution in [0.15, 0.2) is 12.2 Å². The van der Waals surface area contributed by atoms with Crippen LogP contribution in [0.3, 0.4) is 0 Å². The van der Waals surface area contributed by atoms with Gasteiger partial charge in [-0.1, -0.05) is 38.8 Å². The summed E-state index contributed by atoms with van der Waals surface area (Å²) in [5.41, 5.74) is 5.31. The summed E-state index contributed by atoms with van der Waals surface area (Å²) in [6.07, 6.45) is 7.97. The van der Waals surface area contributed by atoms with Gasteiger partial charge in [-0.05, 0) is 26.3 Å². The number of hydrogen-bond acceptors (Lipinski definition) is 2. The van der Waals surface area contributed by atoms with Crippen molar-refractivity contribution < 1.29 is 5.11 Å². The molecule has 0 saturated carbocycles. The van der Waals surface area contributed by atoms with Gasteiger partial charge in [-0.15, -0.1) is 0 Å². The lowest BCUT2D eigenvalue weighted by Crippen LogP contribution is -2.27. The van der Waals surface area contributed by atoms with Crippen LogP contribution in [-0.4, -0.2) is 17.8 Å². The standard InChI is InChI=1S/C12H25NO/c1-4-9-12(2,3)11(14)8-6-5-7-10-13/h4,9,11,14H,5-8,10,13H2,1-3H3. The van der Waals surface area contributed by atoms with Crippen molar-refractivity contribution in [2.45, 2.75) is 52.6 Å². The molecule has 2 heteroatoms. The van der Waals surface area contributed by atoms with E-state index in [1.807, 2.05) is 13.0 Å². The summed E-state index contributed by atoms with van der Waals surface area (Å²) in [6, 6.07) is 0. The van der Waals surface area contributed by atoms with E-state index < -0.39 is 0 Å². The minimum absolute atomic E-state index is 0.0997. The first-order chi connectivity index (χ1) is 6.54. The van der Waals surface area contributed by atoms with E-state index in [2.05, 4.69) is 19.9 Å². The summed E-state index contributed by atoms with van der Waals surface area (Å²) < 4.78 is 0. The molecule has 0 spiro atoms. The Kier molecular flexibility index (Phi) is 6.85. The smallest absolute Gasteiger partial charge is 0.0625 e. The van der Waals surface area contributed by atoms with Crippen molar-refractivity contribution in [3.8, 4) is 0 Å². The van der Waals surface area contributed by atoms with Crippen molar-refractivity contribution >= 4 is 0 Å². The minimum atomic E-state index is -0.239. The van der Waals surface area contributed by atoms with Crippen LogP contribution in [0.5, 0.6) is 0 Å². The molecular formula is C12H25NO. The third kappa shape index (κ3) is 5.40. The maximum Gasteiger partial charge on any atom is 0.0625 e. The van der Waals surface area contributed by atoms with Crippen molar-refractivity contribution in [1.82, 2.24) is 0 Å². The van der Waals surface area contributed by atoms with Gasteiger partial charge in [0.25, 0.3) is 0 Å². The van der Waals surface area contributed by atoms with E-state index in [-0.39, 0.29) is 11.5 Å². The van der Waals surface area contributed by atoms with Crippen molar-refractivity contribution in [2.75, 3.05) is 6.54 Å². The number of aliphatic hydroxyl groups excluding tert-OH is 1. The number of rotatable bonds is 7. The van der Waals surface area contributed by atoms with E-state index >= 15 is 0 Å². The fourth-order valence-corrected chi connectivity index (χ4v) is 1.57. The normalized spacial score (nSPS) is 14.9. The molecule has 0 aliphatic rings. The molecule has 1 atom stereocenters. The zero-order valence-electron chi connectivity index (χ0n) is 9.79. The predicted octanol–water partition coefficient (Wildman–Crippen LogP) is 2.47. The number of allylic oxidation sites excluding steroid dienone is 1. The molecular weight excluding hydrogens is 174 g/mol. The molecule has 0 fully saturated rings. The molecule has 1 unspecified atom stereocenters. The van der Waals surface area contributed by atoms with Gasteiger partial charge in [-0.2, -0.15) is 0 Å². The van der Waals surface area contributed by atoms with Crippen LogP contribution in [0.1, 0.15) is 46.5 Å². The number of nitrogens with two attached hydrogens (primary N) is 1. The van der Waals surface area contributed by atoms with Crippen molar-refractivity contribution in [3.63, 3.8) is 0 Å². The van der Waals surface area contributed by atoms with Crippen LogP contribution in [0.25, 0.3) is 0 Å². The number of aliphatic hydroxyl groups is 1. The van der Waals surface area contributed by atoms with E-state index in [0.29, 0.717) is 0 Å². The molecule has 0 aliphatic heterocycles. The van der Waals surface area contributed by atoms with Crippen LogP contribution < -0.4 is 5.73 Å². The number of hydrogen-bond donors (Lipinski definition) is 2. The first-order valence-electron chi connectivity index (χ1n) is 5.56. The Morgan fingerprint density at radius 2 is 1.93 bits per heavy atom. The highest BCUT2D eigenvalue weighted by Crippen LogP contribution is 2.26. The second-order valence-electron chi connectivity index (χ2n) is 4.48. The summed E-state index contributed by atoms with van der Waals surface area (Å²) in [5.74, 6) is 0. The summed E-state index contributed by atoms with van der Waals surface area (Å²) in [5, 5.41) is 9.92. The SMILES string of the molecule is CC=CC(C)(C)C(O)CCCCCN. The molecule has 0 saturated heterocycles. The first-order valence-corrected chi connectivity index (χ1v) is 5.56. The molecule has 0 radical (unpaired) electrons. The van der Waals surface area contributed by atoms with Gasteiger partial charge < -0.3 is 10.8 Å². The van der Waals surface area contributed by atoms with E-state index in [1.165, 1.54) is 0 Å². The Labute approximate surface area is 88.2 Å². The highest BCUT2D eigenvalue weighted by Gasteiger charge is 2.23. The van der Waals surface area contributed by atoms with Crippen LogP contribution in [0.4, 0.5) is 0 Å². The monoisotopic (exact) mass is 199 g/mol. The van der Waals surface area contributed by atoms with Crippen molar-refractivity contribution in [3.05, 3.63) is 12.2 Å².